The van der Waals surface area contributed by atoms with Crippen LogP contribution in [0.4, 0.5) is 0 Å². The van der Waals surface area contributed by atoms with E-state index in [1.54, 1.807) is 0 Å². The Bertz CT molecular complexity index is 479. The Labute approximate surface area is 132 Å². The second-order valence-corrected chi connectivity index (χ2v) is 6.29. The third-order valence-corrected chi connectivity index (χ3v) is 4.26. The van der Waals surface area contributed by atoms with E-state index in [-0.39, 0.29) is 11.8 Å². The van der Waals surface area contributed by atoms with Crippen molar-refractivity contribution in [2.45, 2.75) is 51.5 Å². The van der Waals surface area contributed by atoms with Crippen molar-refractivity contribution in [3.63, 3.8) is 0 Å². The lowest BCUT2D eigenvalue weighted by Crippen LogP contribution is -2.39. The van der Waals surface area contributed by atoms with Crippen molar-refractivity contribution < 1.29 is 9.59 Å². The molecule has 0 spiro atoms. The summed E-state index contributed by atoms with van der Waals surface area (Å²) < 4.78 is 0. The van der Waals surface area contributed by atoms with Crippen molar-refractivity contribution in [3.8, 4) is 0 Å². The fourth-order valence-corrected chi connectivity index (χ4v) is 2.86. The predicted octanol–water partition coefficient (Wildman–Crippen LogP) is 2.43. The Morgan fingerprint density at radius 2 is 1.73 bits per heavy atom. The highest BCUT2D eigenvalue weighted by molar-refractivity contribution is 5.80. The molecule has 120 valence electrons. The summed E-state index contributed by atoms with van der Waals surface area (Å²) >= 11 is 0. The topological polar surface area (TPSA) is 58.2 Å². The molecular formula is C18H26N2O2. The van der Waals surface area contributed by atoms with Gasteiger partial charge in [0.15, 0.2) is 0 Å². The van der Waals surface area contributed by atoms with E-state index in [1.165, 1.54) is 12.8 Å². The molecule has 1 aromatic carbocycles. The smallest absolute Gasteiger partial charge is 0.224 e. The van der Waals surface area contributed by atoms with Crippen molar-refractivity contribution in [3.05, 3.63) is 35.9 Å². The molecule has 0 unspecified atom stereocenters. The van der Waals surface area contributed by atoms with Crippen LogP contribution >= 0.6 is 0 Å². The van der Waals surface area contributed by atoms with Gasteiger partial charge in [-0.25, -0.2) is 0 Å². The first-order chi connectivity index (χ1) is 10.6. The average Bonchev–Trinajstić information content (AvgIpc) is 2.50. The summed E-state index contributed by atoms with van der Waals surface area (Å²) in [5.74, 6) is 0.787. The number of carbonyl (C=O) groups excluding carboxylic acids is 2. The lowest BCUT2D eigenvalue weighted by molar-refractivity contribution is -0.122. The Morgan fingerprint density at radius 3 is 2.41 bits per heavy atom. The Hall–Kier alpha value is -1.84. The first-order valence-electron chi connectivity index (χ1n) is 8.23. The molecule has 2 N–H and O–H groups in total. The van der Waals surface area contributed by atoms with E-state index in [4.69, 9.17) is 0 Å². The highest BCUT2D eigenvalue weighted by atomic mass is 16.2. The molecule has 1 fully saturated rings. The van der Waals surface area contributed by atoms with Crippen LogP contribution in [0.15, 0.2) is 30.3 Å². The monoisotopic (exact) mass is 302 g/mol. The molecule has 0 bridgehead atoms. The van der Waals surface area contributed by atoms with Crippen molar-refractivity contribution in [2.75, 3.05) is 6.54 Å². The summed E-state index contributed by atoms with van der Waals surface area (Å²) in [6.07, 6.45) is 5.26. The van der Waals surface area contributed by atoms with Gasteiger partial charge in [0.05, 0.1) is 6.42 Å². The third-order valence-electron chi connectivity index (χ3n) is 4.26. The molecule has 2 rings (SSSR count). The lowest BCUT2D eigenvalue weighted by Gasteiger charge is -2.26. The molecule has 22 heavy (non-hydrogen) atoms. The number of rotatable bonds is 6. The van der Waals surface area contributed by atoms with E-state index < -0.39 is 0 Å². The Balaban J connectivity index is 1.59. The minimum Gasteiger partial charge on any atom is -0.355 e. The number of nitrogens with one attached hydrogen (secondary N) is 2. The summed E-state index contributed by atoms with van der Waals surface area (Å²) in [6.45, 7) is 2.67. The zero-order chi connectivity index (χ0) is 15.8. The molecule has 4 nitrogen and oxygen atoms in total. The van der Waals surface area contributed by atoms with Gasteiger partial charge in [-0.05, 0) is 37.2 Å². The Kier molecular flexibility index (Phi) is 6.44. The van der Waals surface area contributed by atoms with E-state index in [2.05, 4.69) is 17.6 Å². The van der Waals surface area contributed by atoms with Gasteiger partial charge >= 0.3 is 0 Å². The summed E-state index contributed by atoms with van der Waals surface area (Å²) in [6, 6.07) is 9.94. The normalized spacial score (nSPS) is 21.1. The van der Waals surface area contributed by atoms with Crippen LogP contribution in [-0.2, 0) is 16.0 Å². The fraction of sp³-hybridized carbons (Fsp3) is 0.556. The van der Waals surface area contributed by atoms with Crippen LogP contribution in [0.25, 0.3) is 0 Å². The van der Waals surface area contributed by atoms with Crippen LogP contribution in [0.5, 0.6) is 0 Å². The minimum atomic E-state index is -0.0366. The standard InChI is InChI=1S/C18H26N2O2/c1-14-7-9-16(10-8-14)20-17(21)11-12-19-18(22)13-15-5-3-2-4-6-15/h2-6,14,16H,7-13H2,1H3,(H,19,22)(H,20,21). The second kappa shape index (κ2) is 8.57. The third kappa shape index (κ3) is 5.88. The minimum absolute atomic E-state index is 0.0366. The van der Waals surface area contributed by atoms with E-state index in [0.29, 0.717) is 25.4 Å². The van der Waals surface area contributed by atoms with E-state index in [1.807, 2.05) is 30.3 Å². The van der Waals surface area contributed by atoms with Crippen molar-refractivity contribution in [2.24, 2.45) is 5.92 Å². The molecule has 0 heterocycles. The molecule has 0 aromatic heterocycles. The quantitative estimate of drug-likeness (QED) is 0.848. The van der Waals surface area contributed by atoms with Gasteiger partial charge in [0, 0.05) is 19.0 Å². The first kappa shape index (κ1) is 16.5. The van der Waals surface area contributed by atoms with Crippen LogP contribution < -0.4 is 10.6 Å². The average molecular weight is 302 g/mol. The van der Waals surface area contributed by atoms with Gasteiger partial charge in [0.1, 0.15) is 0 Å². The molecule has 1 saturated carbocycles. The van der Waals surface area contributed by atoms with Crippen LogP contribution in [0.2, 0.25) is 0 Å². The van der Waals surface area contributed by atoms with Gasteiger partial charge in [-0.3, -0.25) is 9.59 Å². The maximum absolute atomic E-state index is 11.9. The zero-order valence-corrected chi connectivity index (χ0v) is 13.3. The van der Waals surface area contributed by atoms with Crippen molar-refractivity contribution in [1.29, 1.82) is 0 Å². The maximum atomic E-state index is 11.9. The fourth-order valence-electron chi connectivity index (χ4n) is 2.86. The SMILES string of the molecule is CC1CCC(NC(=O)CCNC(=O)Cc2ccccc2)CC1. The maximum Gasteiger partial charge on any atom is 0.224 e. The molecule has 1 aliphatic carbocycles. The zero-order valence-electron chi connectivity index (χ0n) is 13.3. The van der Waals surface area contributed by atoms with Gasteiger partial charge in [0.2, 0.25) is 11.8 Å². The molecule has 0 radical (unpaired) electrons. The molecule has 0 atom stereocenters. The Morgan fingerprint density at radius 1 is 1.05 bits per heavy atom. The van der Waals surface area contributed by atoms with Gasteiger partial charge in [-0.15, -0.1) is 0 Å². The molecule has 4 heteroatoms. The van der Waals surface area contributed by atoms with Crippen molar-refractivity contribution in [1.82, 2.24) is 10.6 Å². The lowest BCUT2D eigenvalue weighted by atomic mass is 9.87. The van der Waals surface area contributed by atoms with Gasteiger partial charge in [0.25, 0.3) is 0 Å². The van der Waals surface area contributed by atoms with Gasteiger partial charge in [-0.1, -0.05) is 37.3 Å². The van der Waals surface area contributed by atoms with Gasteiger partial charge in [-0.2, -0.15) is 0 Å². The summed E-state index contributed by atoms with van der Waals surface area (Å²) in [5.41, 5.74) is 0.987. The molecule has 0 saturated heterocycles. The highest BCUT2D eigenvalue weighted by Crippen LogP contribution is 2.23. The van der Waals surface area contributed by atoms with Crippen LogP contribution in [0.3, 0.4) is 0 Å². The highest BCUT2D eigenvalue weighted by Gasteiger charge is 2.19. The van der Waals surface area contributed by atoms with E-state index in [9.17, 15) is 9.59 Å². The summed E-state index contributed by atoms with van der Waals surface area (Å²) in [4.78, 5) is 23.6. The molecule has 2 amide bonds. The number of carbonyl (C=O) groups is 2. The predicted molar refractivity (Wildman–Crippen MR) is 87.3 cm³/mol. The number of amides is 2. The van der Waals surface area contributed by atoms with Crippen LogP contribution in [0.1, 0.15) is 44.6 Å². The summed E-state index contributed by atoms with van der Waals surface area (Å²) in [7, 11) is 0. The second-order valence-electron chi connectivity index (χ2n) is 6.29. The van der Waals surface area contributed by atoms with Crippen molar-refractivity contribution >= 4 is 11.8 Å². The largest absolute Gasteiger partial charge is 0.355 e. The molecule has 1 aromatic rings. The van der Waals surface area contributed by atoms with E-state index >= 15 is 0 Å². The molecule has 1 aliphatic rings. The van der Waals surface area contributed by atoms with Gasteiger partial charge < -0.3 is 10.6 Å². The number of hydrogen-bond acceptors (Lipinski definition) is 2. The summed E-state index contributed by atoms with van der Waals surface area (Å²) in [5, 5.41) is 5.88. The van der Waals surface area contributed by atoms with E-state index in [0.717, 1.165) is 24.3 Å². The van der Waals surface area contributed by atoms with Crippen LogP contribution in [0, 0.1) is 5.92 Å². The number of hydrogen-bond donors (Lipinski definition) is 2. The molecular weight excluding hydrogens is 276 g/mol. The molecule has 0 aliphatic heterocycles. The first-order valence-corrected chi connectivity index (χ1v) is 8.23. The number of benzene rings is 1. The van der Waals surface area contributed by atoms with Crippen LogP contribution in [-0.4, -0.2) is 24.4 Å².